The predicted octanol–water partition coefficient (Wildman–Crippen LogP) is 4.70. The van der Waals surface area contributed by atoms with E-state index < -0.39 is 0 Å². The highest BCUT2D eigenvalue weighted by atomic mass is 32.2. The van der Waals surface area contributed by atoms with Crippen LogP contribution < -0.4 is 10.3 Å². The summed E-state index contributed by atoms with van der Waals surface area (Å²) in [6.07, 6.45) is 1.68. The lowest BCUT2D eigenvalue weighted by molar-refractivity contribution is 0.410. The van der Waals surface area contributed by atoms with Crippen LogP contribution in [0.3, 0.4) is 0 Å². The maximum Gasteiger partial charge on any atom is 0.263 e. The Labute approximate surface area is 159 Å². The molecule has 0 radical (unpaired) electrons. The normalized spacial score (nSPS) is 11.1. The van der Waals surface area contributed by atoms with E-state index in [1.807, 2.05) is 13.8 Å². The molecular weight excluding hydrogens is 371 g/mol. The molecule has 0 aliphatic carbocycles. The van der Waals surface area contributed by atoms with E-state index in [9.17, 15) is 9.18 Å². The highest BCUT2D eigenvalue weighted by molar-refractivity contribution is 7.98. The molecule has 0 spiro atoms. The van der Waals surface area contributed by atoms with Crippen LogP contribution in [-0.4, -0.2) is 16.7 Å². The molecule has 3 rings (SSSR count). The molecule has 2 heterocycles. The number of thiophene rings is 1. The van der Waals surface area contributed by atoms with Crippen molar-refractivity contribution >= 4 is 33.3 Å². The first-order valence-electron chi connectivity index (χ1n) is 8.03. The number of hydrogen-bond acceptors (Lipinski definition) is 5. The number of hydrogen-bond donors (Lipinski definition) is 0. The number of halogens is 1. The Kier molecular flexibility index (Phi) is 5.48. The summed E-state index contributed by atoms with van der Waals surface area (Å²) in [4.78, 5) is 19.5. The number of ether oxygens (including phenoxy) is 1. The molecule has 0 bridgehead atoms. The molecule has 0 fully saturated rings. The summed E-state index contributed by atoms with van der Waals surface area (Å²) in [7, 11) is 1.55. The van der Waals surface area contributed by atoms with Crippen LogP contribution in [0.25, 0.3) is 10.2 Å². The van der Waals surface area contributed by atoms with E-state index >= 15 is 0 Å². The molecule has 2 aromatic heterocycles. The minimum absolute atomic E-state index is 0.0644. The van der Waals surface area contributed by atoms with Crippen molar-refractivity contribution in [2.45, 2.75) is 31.3 Å². The van der Waals surface area contributed by atoms with Crippen molar-refractivity contribution in [2.24, 2.45) is 0 Å². The van der Waals surface area contributed by atoms with Gasteiger partial charge < -0.3 is 4.74 Å². The summed E-state index contributed by atoms with van der Waals surface area (Å²) in [5.74, 6) is 0.734. The van der Waals surface area contributed by atoms with Crippen LogP contribution >= 0.6 is 23.1 Å². The molecule has 0 N–H and O–H groups in total. The zero-order valence-electron chi connectivity index (χ0n) is 14.8. The first-order valence-corrected chi connectivity index (χ1v) is 9.83. The van der Waals surface area contributed by atoms with Crippen molar-refractivity contribution in [2.75, 3.05) is 7.11 Å². The largest absolute Gasteiger partial charge is 0.496 e. The number of allylic oxidation sites excluding steroid dienone is 1. The van der Waals surface area contributed by atoms with Gasteiger partial charge >= 0.3 is 0 Å². The first-order chi connectivity index (χ1) is 12.5. The van der Waals surface area contributed by atoms with Crippen LogP contribution in [0.4, 0.5) is 4.39 Å². The molecule has 4 nitrogen and oxygen atoms in total. The lowest BCUT2D eigenvalue weighted by atomic mass is 10.2. The summed E-state index contributed by atoms with van der Waals surface area (Å²) in [5, 5.41) is 1.26. The molecule has 0 saturated heterocycles. The highest BCUT2D eigenvalue weighted by Gasteiger charge is 2.17. The van der Waals surface area contributed by atoms with Gasteiger partial charge in [-0.2, -0.15) is 0 Å². The van der Waals surface area contributed by atoms with Gasteiger partial charge in [-0.15, -0.1) is 17.9 Å². The van der Waals surface area contributed by atoms with E-state index in [1.54, 1.807) is 23.8 Å². The number of benzene rings is 1. The van der Waals surface area contributed by atoms with Crippen molar-refractivity contribution < 1.29 is 9.13 Å². The van der Waals surface area contributed by atoms with Gasteiger partial charge in [0.25, 0.3) is 5.56 Å². The lowest BCUT2D eigenvalue weighted by Crippen LogP contribution is -2.22. The topological polar surface area (TPSA) is 44.1 Å². The Morgan fingerprint density at radius 1 is 1.42 bits per heavy atom. The van der Waals surface area contributed by atoms with Gasteiger partial charge in [-0.25, -0.2) is 9.37 Å². The maximum absolute atomic E-state index is 13.6. The van der Waals surface area contributed by atoms with E-state index in [4.69, 9.17) is 9.72 Å². The van der Waals surface area contributed by atoms with Gasteiger partial charge in [-0.1, -0.05) is 17.8 Å². The van der Waals surface area contributed by atoms with E-state index in [2.05, 4.69) is 6.58 Å². The SMILES string of the molecule is C=CCn1c(SCc2cc(F)ccc2OC)nc2sc(C)c(C)c2c1=O. The molecule has 0 aliphatic heterocycles. The second-order valence-electron chi connectivity index (χ2n) is 5.81. The molecule has 0 unspecified atom stereocenters. The first kappa shape index (κ1) is 18.7. The van der Waals surface area contributed by atoms with Crippen molar-refractivity contribution in [1.82, 2.24) is 9.55 Å². The third-order valence-electron chi connectivity index (χ3n) is 4.16. The summed E-state index contributed by atoms with van der Waals surface area (Å²) >= 11 is 2.90. The molecule has 0 saturated carbocycles. The molecule has 136 valence electrons. The number of fused-ring (bicyclic) bond motifs is 1. The van der Waals surface area contributed by atoms with Crippen LogP contribution in [0.5, 0.6) is 5.75 Å². The van der Waals surface area contributed by atoms with Gasteiger partial charge in [0.15, 0.2) is 5.16 Å². The van der Waals surface area contributed by atoms with Gasteiger partial charge in [0.2, 0.25) is 0 Å². The molecule has 26 heavy (non-hydrogen) atoms. The van der Waals surface area contributed by atoms with Gasteiger partial charge in [0, 0.05) is 22.7 Å². The van der Waals surface area contributed by atoms with E-state index in [-0.39, 0.29) is 11.4 Å². The van der Waals surface area contributed by atoms with Crippen molar-refractivity contribution in [1.29, 1.82) is 0 Å². The van der Waals surface area contributed by atoms with Crippen LogP contribution in [0.2, 0.25) is 0 Å². The number of rotatable bonds is 6. The standard InChI is InChI=1S/C19H19FN2O2S2/c1-5-8-22-18(23)16-11(2)12(3)26-17(16)21-19(22)25-10-13-9-14(20)6-7-15(13)24-4/h5-7,9H,1,8,10H2,2-4H3. The quantitative estimate of drug-likeness (QED) is 0.348. The van der Waals surface area contributed by atoms with Crippen molar-refractivity contribution in [3.63, 3.8) is 0 Å². The Hall–Kier alpha value is -2.12. The lowest BCUT2D eigenvalue weighted by Gasteiger charge is -2.12. The maximum atomic E-state index is 13.6. The molecular formula is C19H19FN2O2S2. The smallest absolute Gasteiger partial charge is 0.263 e. The molecule has 7 heteroatoms. The molecule has 1 aromatic carbocycles. The van der Waals surface area contributed by atoms with Gasteiger partial charge in [0.1, 0.15) is 16.4 Å². The number of nitrogens with zero attached hydrogens (tertiary/aromatic N) is 2. The fourth-order valence-electron chi connectivity index (χ4n) is 2.71. The molecule has 0 amide bonds. The minimum Gasteiger partial charge on any atom is -0.496 e. The predicted molar refractivity (Wildman–Crippen MR) is 106 cm³/mol. The zero-order valence-corrected chi connectivity index (χ0v) is 16.5. The van der Waals surface area contributed by atoms with Crippen molar-refractivity contribution in [3.8, 4) is 5.75 Å². The average molecular weight is 391 g/mol. The van der Waals surface area contributed by atoms with Crippen LogP contribution in [0.15, 0.2) is 40.8 Å². The van der Waals surface area contributed by atoms with E-state index in [0.29, 0.717) is 28.6 Å². The van der Waals surface area contributed by atoms with Crippen LogP contribution in [0.1, 0.15) is 16.0 Å². The minimum atomic E-state index is -0.321. The number of aromatic nitrogens is 2. The fraction of sp³-hybridized carbons (Fsp3) is 0.263. The second-order valence-corrected chi connectivity index (χ2v) is 7.95. The highest BCUT2D eigenvalue weighted by Crippen LogP contribution is 2.31. The Bertz CT molecular complexity index is 1040. The third kappa shape index (κ3) is 3.41. The second kappa shape index (κ2) is 7.63. The van der Waals surface area contributed by atoms with E-state index in [1.165, 1.54) is 35.2 Å². The Morgan fingerprint density at radius 3 is 2.88 bits per heavy atom. The Morgan fingerprint density at radius 2 is 2.19 bits per heavy atom. The number of thioether (sulfide) groups is 1. The average Bonchev–Trinajstić information content (AvgIpc) is 2.90. The third-order valence-corrected chi connectivity index (χ3v) is 6.29. The molecule has 0 atom stereocenters. The van der Waals surface area contributed by atoms with Crippen molar-refractivity contribution in [3.05, 3.63) is 63.0 Å². The number of aryl methyl sites for hydroxylation is 2. The number of methoxy groups -OCH3 is 1. The van der Waals surface area contributed by atoms with Gasteiger partial charge in [-0.3, -0.25) is 9.36 Å². The van der Waals surface area contributed by atoms with E-state index in [0.717, 1.165) is 20.8 Å². The zero-order chi connectivity index (χ0) is 18.8. The van der Waals surface area contributed by atoms with Gasteiger partial charge in [-0.05, 0) is 37.6 Å². The summed E-state index contributed by atoms with van der Waals surface area (Å²) in [6, 6.07) is 4.41. The summed E-state index contributed by atoms with van der Waals surface area (Å²) < 4.78 is 20.5. The van der Waals surface area contributed by atoms with Crippen LogP contribution in [0, 0.1) is 19.7 Å². The molecule has 3 aromatic rings. The van der Waals surface area contributed by atoms with Crippen LogP contribution in [-0.2, 0) is 12.3 Å². The summed E-state index contributed by atoms with van der Waals surface area (Å²) in [6.45, 7) is 8.05. The monoisotopic (exact) mass is 390 g/mol. The molecule has 0 aliphatic rings. The Balaban J connectivity index is 2.04. The van der Waals surface area contributed by atoms with Gasteiger partial charge in [0.05, 0.1) is 12.5 Å². The fourth-order valence-corrected chi connectivity index (χ4v) is 4.77. The summed E-state index contributed by atoms with van der Waals surface area (Å²) in [5.41, 5.74) is 1.63.